The Morgan fingerprint density at radius 1 is 0.608 bits per heavy atom. The Morgan fingerprint density at radius 2 is 1.00 bits per heavy atom. The molecule has 0 aliphatic heterocycles. The van der Waals surface area contributed by atoms with E-state index in [9.17, 15) is 0 Å². The van der Waals surface area contributed by atoms with Crippen LogP contribution in [-0.4, -0.2) is 7.42 Å². The van der Waals surface area contributed by atoms with E-state index in [0.29, 0.717) is 11.3 Å². The molecule has 1 aliphatic carbocycles. The van der Waals surface area contributed by atoms with Crippen LogP contribution in [0, 0.1) is 17.4 Å². The molecule has 6 rings (SSSR count). The van der Waals surface area contributed by atoms with Crippen LogP contribution in [0.5, 0.6) is 0 Å². The van der Waals surface area contributed by atoms with E-state index in [2.05, 4.69) is 162 Å². The van der Waals surface area contributed by atoms with Crippen molar-refractivity contribution in [2.75, 3.05) is 0 Å². The molecule has 5 heteroatoms. The Kier molecular flexibility index (Phi) is 16.7. The maximum absolute atomic E-state index is 5.84. The second kappa shape index (κ2) is 18.9. The molecule has 0 radical (unpaired) electrons. The molecule has 0 fully saturated rings. The Bertz CT molecular complexity index is 1900. The van der Waals surface area contributed by atoms with E-state index in [0.717, 1.165) is 10.0 Å². The zero-order chi connectivity index (χ0) is 36.1. The van der Waals surface area contributed by atoms with Gasteiger partial charge < -0.3 is 24.8 Å². The van der Waals surface area contributed by atoms with E-state index in [1.165, 1.54) is 54.9 Å². The van der Waals surface area contributed by atoms with Gasteiger partial charge in [-0.3, -0.25) is 6.08 Å². The maximum Gasteiger partial charge on any atom is -1.00 e. The molecule has 0 aromatic heterocycles. The monoisotopic (exact) mass is 834 g/mol. The molecule has 0 spiro atoms. The van der Waals surface area contributed by atoms with E-state index in [-0.39, 0.29) is 35.6 Å². The van der Waals surface area contributed by atoms with Crippen molar-refractivity contribution >= 4 is 52.2 Å². The largest absolute Gasteiger partial charge is 1.00 e. The smallest absolute Gasteiger partial charge is 1.00 e. The van der Waals surface area contributed by atoms with Crippen molar-refractivity contribution in [3.63, 3.8) is 0 Å². The minimum Gasteiger partial charge on any atom is -1.00 e. The van der Waals surface area contributed by atoms with Crippen LogP contribution < -0.4 is 24.8 Å². The third kappa shape index (κ3) is 13.1. The molecule has 0 saturated heterocycles. The molecule has 0 heterocycles. The van der Waals surface area contributed by atoms with Gasteiger partial charge in [-0.25, -0.2) is 5.57 Å². The van der Waals surface area contributed by atoms with Gasteiger partial charge in [0, 0.05) is 0 Å². The van der Waals surface area contributed by atoms with Crippen molar-refractivity contribution in [3.05, 3.63) is 147 Å². The predicted octanol–water partition coefficient (Wildman–Crippen LogP) is 7.75. The first kappa shape index (κ1) is 45.2. The summed E-state index contributed by atoms with van der Waals surface area (Å²) in [6, 6.07) is 32.1. The molecule has 0 saturated carbocycles. The second-order valence-corrected chi connectivity index (χ2v) is 19.3. The van der Waals surface area contributed by atoms with E-state index in [4.69, 9.17) is 23.2 Å². The summed E-state index contributed by atoms with van der Waals surface area (Å²) in [5, 5.41) is 7.05. The number of hydrogen-bond donors (Lipinski definition) is 0. The van der Waals surface area contributed by atoms with Gasteiger partial charge in [0.15, 0.2) is 0 Å². The van der Waals surface area contributed by atoms with Crippen LogP contribution in [0.25, 0.3) is 21.5 Å². The fourth-order valence-corrected chi connectivity index (χ4v) is 8.30. The minimum atomic E-state index is -0.623. The molecule has 272 valence electrons. The van der Waals surface area contributed by atoms with Crippen LogP contribution in [0.2, 0.25) is 10.0 Å². The molecule has 1 unspecified atom stereocenters. The summed E-state index contributed by atoms with van der Waals surface area (Å²) in [6.45, 7) is 24.7. The first-order chi connectivity index (χ1) is 22.8. The van der Waals surface area contributed by atoms with Crippen molar-refractivity contribution < 1.29 is 47.1 Å². The van der Waals surface area contributed by atoms with Crippen molar-refractivity contribution in [2.45, 2.75) is 87.0 Å². The molecule has 5 aromatic carbocycles. The van der Waals surface area contributed by atoms with Gasteiger partial charge in [0.2, 0.25) is 0 Å². The molecule has 5 aromatic rings. The van der Waals surface area contributed by atoms with Gasteiger partial charge in [-0.05, 0) is 10.8 Å². The molecule has 0 amide bonds. The number of allylic oxidation sites excluding steroid dienone is 4. The normalized spacial score (nSPS) is 14.0. The molecule has 0 bridgehead atoms. The number of fused-ring (bicyclic) bond motifs is 3. The van der Waals surface area contributed by atoms with E-state index >= 15 is 0 Å². The fourth-order valence-electron chi connectivity index (χ4n) is 5.96. The van der Waals surface area contributed by atoms with Crippen LogP contribution in [0.1, 0.15) is 98.4 Å². The number of hydrogen-bond acceptors (Lipinski definition) is 0. The summed E-state index contributed by atoms with van der Waals surface area (Å²) < 4.78 is 4.66. The number of benzene rings is 4. The molecular weight excluding hydrogens is 786 g/mol. The van der Waals surface area contributed by atoms with E-state index < -0.39 is 22.3 Å². The molecule has 1 aliphatic rings. The van der Waals surface area contributed by atoms with E-state index in [1.807, 2.05) is 24.3 Å². The zero-order valence-electron chi connectivity index (χ0n) is 32.0. The second-order valence-electron chi connectivity index (χ2n) is 16.2. The molecule has 51 heavy (non-hydrogen) atoms. The molecule has 1 atom stereocenters. The Hall–Kier alpha value is -1.99. The van der Waals surface area contributed by atoms with E-state index in [1.54, 1.807) is 0 Å². The first-order valence-corrected chi connectivity index (χ1v) is 20.8. The first-order valence-electron chi connectivity index (χ1n) is 17.2. The van der Waals surface area contributed by atoms with Gasteiger partial charge in [-0.2, -0.15) is 11.6 Å². The number of rotatable bonds is 2. The fraction of sp³-hybridized carbons (Fsp3) is 0.326. The van der Waals surface area contributed by atoms with Gasteiger partial charge >= 0.3 is 123 Å². The average Bonchev–Trinajstić information content (AvgIpc) is 3.56. The van der Waals surface area contributed by atoms with Gasteiger partial charge in [-0.1, -0.05) is 123 Å². The average molecular weight is 838 g/mol. The van der Waals surface area contributed by atoms with Gasteiger partial charge in [0.1, 0.15) is 0 Å². The van der Waals surface area contributed by atoms with Crippen molar-refractivity contribution in [1.29, 1.82) is 0 Å². The summed E-state index contributed by atoms with van der Waals surface area (Å²) in [4.78, 5) is 0. The maximum atomic E-state index is 5.84. The van der Waals surface area contributed by atoms with Crippen LogP contribution in [0.15, 0.2) is 108 Å². The topological polar surface area (TPSA) is 0 Å². The predicted molar refractivity (Wildman–Crippen MR) is 217 cm³/mol. The minimum absolute atomic E-state index is 0. The quantitative estimate of drug-likeness (QED) is 0.160. The summed E-state index contributed by atoms with van der Waals surface area (Å²) in [6.07, 6.45) is 5.71. The summed E-state index contributed by atoms with van der Waals surface area (Å²) in [5.41, 5.74) is 8.82. The van der Waals surface area contributed by atoms with Crippen LogP contribution >= 0.6 is 23.2 Å². The van der Waals surface area contributed by atoms with Crippen LogP contribution in [0.4, 0.5) is 0 Å². The summed E-state index contributed by atoms with van der Waals surface area (Å²) >= 11 is 11.0. The van der Waals surface area contributed by atoms with Crippen LogP contribution in [0.3, 0.4) is 0 Å². The Labute approximate surface area is 341 Å². The molecule has 0 nitrogen and oxygen atoms in total. The third-order valence-electron chi connectivity index (χ3n) is 8.75. The SMILES string of the molecule is CC(C)(C)c1ccc2c(c1)[cH-]c1cc(C(C)(C)C)ccc12.CC1=[C-]C(C)C=C1C(C)(C)C.Clc1ccc([CH]=[Zr]=[CH]c2ccc(Cl)cc2)cc1.[Cl-].[Cl-]. The van der Waals surface area contributed by atoms with Gasteiger partial charge in [0.25, 0.3) is 0 Å². The zero-order valence-corrected chi connectivity index (χ0v) is 37.5. The summed E-state index contributed by atoms with van der Waals surface area (Å²) in [5.74, 6) is 0.518. The van der Waals surface area contributed by atoms with Crippen molar-refractivity contribution in [1.82, 2.24) is 0 Å². The number of halogens is 4. The molecule has 0 N–H and O–H groups in total. The third-order valence-corrected chi connectivity index (χ3v) is 11.7. The summed E-state index contributed by atoms with van der Waals surface area (Å²) in [7, 11) is 0. The van der Waals surface area contributed by atoms with Gasteiger partial charge in [0.05, 0.1) is 0 Å². The Balaban J connectivity index is 0.000000272. The van der Waals surface area contributed by atoms with Gasteiger partial charge in [-0.15, -0.1) is 39.7 Å². The van der Waals surface area contributed by atoms with Crippen molar-refractivity contribution in [3.8, 4) is 0 Å². The van der Waals surface area contributed by atoms with Crippen molar-refractivity contribution in [2.24, 2.45) is 11.3 Å². The van der Waals surface area contributed by atoms with Crippen LogP contribution in [-0.2, 0) is 33.1 Å². The molecular formula is C46H52Cl4Zr-4. The standard InChI is InChI=1S/C21H25.C11H17.2C7H5Cl.2ClH.Zr/c1-20(2,3)16-7-9-18-14(12-16)11-15-13-17(21(4,5)6)8-10-19(15)18;1-8-6-9(2)10(7-8)11(3,4)5;2*1-6-2-4-7(8)5-3-6;;;/h7-13H,1-6H3;7-8H,1-5H3;2*1-5H;2*1H;/q2*-1;;;;;/p-2. The Morgan fingerprint density at radius 3 is 1.29 bits per heavy atom.